The Kier molecular flexibility index (Phi) is 11.2. The number of carbonyl (C=O) groups is 1. The number of ether oxygens (including phenoxy) is 1. The number of nitrogens with one attached hydrogen (secondary N) is 2. The van der Waals surface area contributed by atoms with Crippen molar-refractivity contribution in [1.29, 1.82) is 5.41 Å². The lowest BCUT2D eigenvalue weighted by molar-refractivity contribution is 0.0518. The summed E-state index contributed by atoms with van der Waals surface area (Å²) in [5, 5.41) is 12.0. The highest BCUT2D eigenvalue weighted by molar-refractivity contribution is 5.89. The predicted molar refractivity (Wildman–Crippen MR) is 106 cm³/mol. The third-order valence-electron chi connectivity index (χ3n) is 3.77. The molecule has 0 atom stereocenters. The summed E-state index contributed by atoms with van der Waals surface area (Å²) in [5.74, 6) is 4.77. The van der Waals surface area contributed by atoms with Crippen molar-refractivity contribution < 1.29 is 9.53 Å². The molecule has 8 nitrogen and oxygen atoms in total. The first-order valence-corrected chi connectivity index (χ1v) is 8.93. The lowest BCUT2D eigenvalue weighted by Gasteiger charge is -2.30. The maximum atomic E-state index is 11.8. The molecule has 2 heterocycles. The normalized spacial score (nSPS) is 13.3. The Morgan fingerprint density at radius 1 is 1.46 bits per heavy atom. The number of aryl methyl sites for hydroxylation is 1. The summed E-state index contributed by atoms with van der Waals surface area (Å²) in [6, 6.07) is 1.78. The topological polar surface area (TPSA) is 109 Å². The third kappa shape index (κ3) is 6.61. The average Bonchev–Trinajstić information content (AvgIpc) is 2.99. The second kappa shape index (κ2) is 12.2. The van der Waals surface area contributed by atoms with Crippen LogP contribution in [0.1, 0.15) is 57.2 Å². The fourth-order valence-corrected chi connectivity index (χ4v) is 2.50. The molecule has 26 heavy (non-hydrogen) atoms. The van der Waals surface area contributed by atoms with Crippen LogP contribution in [-0.4, -0.2) is 53.2 Å². The van der Waals surface area contributed by atoms with E-state index in [0.717, 1.165) is 24.2 Å². The van der Waals surface area contributed by atoms with Gasteiger partial charge in [0.25, 0.3) is 0 Å². The van der Waals surface area contributed by atoms with Gasteiger partial charge in [0.15, 0.2) is 5.69 Å². The van der Waals surface area contributed by atoms with Crippen LogP contribution in [0.2, 0.25) is 0 Å². The van der Waals surface area contributed by atoms with E-state index in [0.29, 0.717) is 24.7 Å². The molecule has 1 aliphatic rings. The van der Waals surface area contributed by atoms with Gasteiger partial charge in [0, 0.05) is 20.1 Å². The minimum atomic E-state index is -0.395. The Hall–Kier alpha value is -2.19. The minimum absolute atomic E-state index is 0.332. The summed E-state index contributed by atoms with van der Waals surface area (Å²) in [4.78, 5) is 13.8. The van der Waals surface area contributed by atoms with Crippen LogP contribution in [-0.2, 0) is 11.8 Å². The Morgan fingerprint density at radius 3 is 2.54 bits per heavy atom. The Morgan fingerprint density at radius 2 is 2.04 bits per heavy atom. The molecule has 1 aromatic rings. The van der Waals surface area contributed by atoms with Gasteiger partial charge < -0.3 is 9.64 Å². The van der Waals surface area contributed by atoms with E-state index in [4.69, 9.17) is 10.1 Å². The zero-order valence-electron chi connectivity index (χ0n) is 17.1. The lowest BCUT2D eigenvalue weighted by atomic mass is 9.98. The molecular weight excluding hydrogens is 332 g/mol. The van der Waals surface area contributed by atoms with E-state index in [1.165, 1.54) is 5.57 Å². The Balaban J connectivity index is 0.00000113. The number of amidine groups is 1. The molecule has 0 bridgehead atoms. The summed E-state index contributed by atoms with van der Waals surface area (Å²) < 4.78 is 6.71. The number of aromatic nitrogens is 2. The van der Waals surface area contributed by atoms with Crippen molar-refractivity contribution in [1.82, 2.24) is 20.1 Å². The van der Waals surface area contributed by atoms with Crippen molar-refractivity contribution in [2.45, 2.75) is 41.0 Å². The first-order valence-electron chi connectivity index (χ1n) is 8.93. The highest BCUT2D eigenvalue weighted by Crippen LogP contribution is 2.27. The van der Waals surface area contributed by atoms with Crippen LogP contribution in [0.4, 0.5) is 0 Å². The van der Waals surface area contributed by atoms with Crippen LogP contribution < -0.4 is 11.3 Å². The molecule has 2 rings (SSSR count). The van der Waals surface area contributed by atoms with E-state index in [-0.39, 0.29) is 0 Å². The standard InChI is InChI=1S/C15H22N4O2.C2H6.CH6N2/c1-5-21-15(20)13-8-14(18(4)17-13)12-9-19(11(3)16)7-6-10(12)2;1-2;1-3-2/h8,16H,5-7,9H2,1-4H3;1-2H3;3H,2H2,1H3. The van der Waals surface area contributed by atoms with Gasteiger partial charge in [-0.2, -0.15) is 5.10 Å². The second-order valence-corrected chi connectivity index (χ2v) is 5.56. The van der Waals surface area contributed by atoms with Crippen molar-refractivity contribution in [3.8, 4) is 0 Å². The van der Waals surface area contributed by atoms with Gasteiger partial charge in [-0.25, -0.2) is 4.79 Å². The maximum Gasteiger partial charge on any atom is 0.358 e. The first kappa shape index (κ1) is 23.8. The van der Waals surface area contributed by atoms with Crippen molar-refractivity contribution >= 4 is 17.4 Å². The number of esters is 1. The molecule has 0 radical (unpaired) electrons. The largest absolute Gasteiger partial charge is 0.461 e. The highest BCUT2D eigenvalue weighted by Gasteiger charge is 2.22. The third-order valence-corrected chi connectivity index (χ3v) is 3.77. The molecule has 0 amide bonds. The molecule has 148 valence electrons. The van der Waals surface area contributed by atoms with Crippen LogP contribution in [0.25, 0.3) is 5.57 Å². The van der Waals surface area contributed by atoms with Crippen LogP contribution in [0.5, 0.6) is 0 Å². The summed E-state index contributed by atoms with van der Waals surface area (Å²) in [6.45, 7) is 11.6. The molecule has 0 saturated heterocycles. The Bertz CT molecular complexity index is 621. The zero-order chi connectivity index (χ0) is 20.3. The number of carbonyl (C=O) groups excluding carboxylic acids is 1. The van der Waals surface area contributed by atoms with E-state index in [1.807, 2.05) is 25.8 Å². The van der Waals surface area contributed by atoms with Gasteiger partial charge in [0.1, 0.15) is 0 Å². The Labute approximate surface area is 156 Å². The monoisotopic (exact) mass is 366 g/mol. The second-order valence-electron chi connectivity index (χ2n) is 5.56. The van der Waals surface area contributed by atoms with Crippen LogP contribution in [0, 0.1) is 5.41 Å². The summed E-state index contributed by atoms with van der Waals surface area (Å²) in [6.07, 6.45) is 0.922. The van der Waals surface area contributed by atoms with Gasteiger partial charge >= 0.3 is 5.97 Å². The molecule has 1 aromatic heterocycles. The maximum absolute atomic E-state index is 11.8. The molecule has 0 saturated carbocycles. The molecule has 0 aliphatic carbocycles. The summed E-state index contributed by atoms with van der Waals surface area (Å²) in [7, 11) is 3.48. The van der Waals surface area contributed by atoms with E-state index in [9.17, 15) is 4.79 Å². The molecule has 8 heteroatoms. The molecular formula is C18H34N6O2. The van der Waals surface area contributed by atoms with Crippen LogP contribution in [0.15, 0.2) is 11.6 Å². The van der Waals surface area contributed by atoms with Gasteiger partial charge in [-0.3, -0.25) is 21.4 Å². The van der Waals surface area contributed by atoms with E-state index in [1.54, 1.807) is 31.6 Å². The highest BCUT2D eigenvalue weighted by atomic mass is 16.5. The zero-order valence-corrected chi connectivity index (χ0v) is 17.1. The smallest absolute Gasteiger partial charge is 0.358 e. The van der Waals surface area contributed by atoms with Gasteiger partial charge in [0.2, 0.25) is 0 Å². The fraction of sp³-hybridized carbons (Fsp3) is 0.611. The van der Waals surface area contributed by atoms with Crippen LogP contribution >= 0.6 is 0 Å². The number of hydrogen-bond donors (Lipinski definition) is 3. The fourth-order valence-electron chi connectivity index (χ4n) is 2.50. The number of hydrogen-bond acceptors (Lipinski definition) is 6. The number of nitrogens with zero attached hydrogens (tertiary/aromatic N) is 3. The molecule has 4 N–H and O–H groups in total. The van der Waals surface area contributed by atoms with Crippen LogP contribution in [0.3, 0.4) is 0 Å². The summed E-state index contributed by atoms with van der Waals surface area (Å²) >= 11 is 0. The van der Waals surface area contributed by atoms with Gasteiger partial charge in [-0.05, 0) is 45.9 Å². The molecule has 0 unspecified atom stereocenters. The van der Waals surface area contributed by atoms with E-state index < -0.39 is 5.97 Å². The SMILES string of the molecule is CC.CCOC(=O)c1cc(C2=C(C)CCN(C(C)=N)C2)n(C)n1.CNN. The average molecular weight is 367 g/mol. The quantitative estimate of drug-likeness (QED) is 0.249. The van der Waals surface area contributed by atoms with Gasteiger partial charge in [0.05, 0.1) is 18.1 Å². The van der Waals surface area contributed by atoms with Gasteiger partial charge in [-0.15, -0.1) is 0 Å². The van der Waals surface area contributed by atoms with Crippen molar-refractivity contribution in [2.24, 2.45) is 12.9 Å². The molecule has 0 spiro atoms. The van der Waals surface area contributed by atoms with Crippen molar-refractivity contribution in [2.75, 3.05) is 26.7 Å². The molecule has 0 fully saturated rings. The number of nitrogens with two attached hydrogens (primary N) is 1. The number of rotatable bonds is 3. The summed E-state index contributed by atoms with van der Waals surface area (Å²) in [5.41, 5.74) is 5.92. The molecule has 1 aliphatic heterocycles. The lowest BCUT2D eigenvalue weighted by Crippen LogP contribution is -2.34. The first-order chi connectivity index (χ1) is 12.3. The van der Waals surface area contributed by atoms with Crippen molar-refractivity contribution in [3.63, 3.8) is 0 Å². The van der Waals surface area contributed by atoms with E-state index >= 15 is 0 Å². The van der Waals surface area contributed by atoms with Crippen molar-refractivity contribution in [3.05, 3.63) is 23.0 Å². The predicted octanol–water partition coefficient (Wildman–Crippen LogP) is 2.18. The minimum Gasteiger partial charge on any atom is -0.461 e. The molecule has 0 aromatic carbocycles. The van der Waals surface area contributed by atoms with Gasteiger partial charge in [-0.1, -0.05) is 19.4 Å². The number of hydrazine groups is 1. The van der Waals surface area contributed by atoms with E-state index in [2.05, 4.69) is 23.3 Å².